The van der Waals surface area contributed by atoms with Gasteiger partial charge in [0.05, 0.1) is 15.9 Å². The van der Waals surface area contributed by atoms with Crippen LogP contribution in [0.5, 0.6) is 0 Å². The number of nitrogens with two attached hydrogens (primary N) is 1. The molecule has 0 spiro atoms. The van der Waals surface area contributed by atoms with Gasteiger partial charge < -0.3 is 5.73 Å². The van der Waals surface area contributed by atoms with Gasteiger partial charge in [-0.05, 0) is 34.1 Å². The summed E-state index contributed by atoms with van der Waals surface area (Å²) in [6.45, 7) is 0. The van der Waals surface area contributed by atoms with Gasteiger partial charge in [-0.25, -0.2) is 15.0 Å². The fourth-order valence-corrected chi connectivity index (χ4v) is 2.72. The van der Waals surface area contributed by atoms with Crippen LogP contribution in [0.15, 0.2) is 40.3 Å². The van der Waals surface area contributed by atoms with Gasteiger partial charge in [-0.15, -0.1) is 11.3 Å². The van der Waals surface area contributed by atoms with E-state index in [0.29, 0.717) is 27.2 Å². The Balaban J connectivity index is 2.20. The molecular formula is C13H8BrFN4S. The predicted molar refractivity (Wildman–Crippen MR) is 80.6 cm³/mol. The van der Waals surface area contributed by atoms with E-state index in [1.165, 1.54) is 17.4 Å². The van der Waals surface area contributed by atoms with Crippen LogP contribution < -0.4 is 5.73 Å². The summed E-state index contributed by atoms with van der Waals surface area (Å²) in [5.74, 6) is -0.561. The molecule has 3 rings (SSSR count). The van der Waals surface area contributed by atoms with Crippen LogP contribution in [0.4, 0.5) is 10.1 Å². The number of pyridine rings is 2. The number of nitrogens with zero attached hydrogens (tertiary/aromatic N) is 3. The Labute approximate surface area is 126 Å². The first-order valence-corrected chi connectivity index (χ1v) is 7.31. The molecule has 2 N–H and O–H groups in total. The maximum atomic E-state index is 13.3. The fourth-order valence-electron chi connectivity index (χ4n) is 1.72. The Morgan fingerprint density at radius 1 is 1.20 bits per heavy atom. The highest BCUT2D eigenvalue weighted by molar-refractivity contribution is 9.10. The van der Waals surface area contributed by atoms with Crippen molar-refractivity contribution in [2.24, 2.45) is 0 Å². The van der Waals surface area contributed by atoms with Crippen LogP contribution in [0.3, 0.4) is 0 Å². The molecule has 0 aliphatic heterocycles. The summed E-state index contributed by atoms with van der Waals surface area (Å²) in [7, 11) is 0. The minimum absolute atomic E-state index is 0.419. The van der Waals surface area contributed by atoms with Crippen molar-refractivity contribution in [1.29, 1.82) is 0 Å². The molecule has 0 fully saturated rings. The molecule has 3 heterocycles. The standard InChI is InChI=1S/C13H8BrFN4S/c14-11-7(16)6-9(13-17-4-5-20-13)19-12(11)8-2-1-3-10(15)18-8/h1-6H,(H2,16,19). The van der Waals surface area contributed by atoms with Crippen molar-refractivity contribution < 1.29 is 4.39 Å². The Morgan fingerprint density at radius 3 is 2.75 bits per heavy atom. The smallest absolute Gasteiger partial charge is 0.213 e. The molecule has 3 aromatic rings. The lowest BCUT2D eigenvalue weighted by Gasteiger charge is -2.08. The van der Waals surface area contributed by atoms with E-state index in [-0.39, 0.29) is 0 Å². The van der Waals surface area contributed by atoms with E-state index in [9.17, 15) is 4.39 Å². The SMILES string of the molecule is Nc1cc(-c2nccs2)nc(-c2cccc(F)n2)c1Br. The molecule has 0 aromatic carbocycles. The zero-order valence-corrected chi connectivity index (χ0v) is 12.4. The highest BCUT2D eigenvalue weighted by atomic mass is 79.9. The van der Waals surface area contributed by atoms with Crippen molar-refractivity contribution in [2.45, 2.75) is 0 Å². The molecule has 3 aromatic heterocycles. The van der Waals surface area contributed by atoms with E-state index in [1.54, 1.807) is 24.4 Å². The van der Waals surface area contributed by atoms with Gasteiger partial charge in [0.25, 0.3) is 0 Å². The van der Waals surface area contributed by atoms with Crippen molar-refractivity contribution in [3.63, 3.8) is 0 Å². The Bertz CT molecular complexity index is 761. The Hall–Kier alpha value is -1.86. The first kappa shape index (κ1) is 13.1. The monoisotopic (exact) mass is 350 g/mol. The molecule has 7 heteroatoms. The summed E-state index contributed by atoms with van der Waals surface area (Å²) in [4.78, 5) is 12.5. The highest BCUT2D eigenvalue weighted by Crippen LogP contribution is 2.34. The second-order valence-corrected chi connectivity index (χ2v) is 5.63. The van der Waals surface area contributed by atoms with Crippen LogP contribution in [0.25, 0.3) is 22.1 Å². The molecule has 0 unspecified atom stereocenters. The average molecular weight is 351 g/mol. The average Bonchev–Trinajstić information content (AvgIpc) is 2.95. The summed E-state index contributed by atoms with van der Waals surface area (Å²) in [5, 5.41) is 2.61. The summed E-state index contributed by atoms with van der Waals surface area (Å²) < 4.78 is 13.9. The van der Waals surface area contributed by atoms with Crippen LogP contribution in [0, 0.1) is 5.95 Å². The van der Waals surface area contributed by atoms with Gasteiger partial charge >= 0.3 is 0 Å². The molecule has 0 saturated carbocycles. The van der Waals surface area contributed by atoms with Crippen LogP contribution in [0.1, 0.15) is 0 Å². The fraction of sp³-hybridized carbons (Fsp3) is 0. The summed E-state index contributed by atoms with van der Waals surface area (Å²) in [6, 6.07) is 6.27. The third-order valence-corrected chi connectivity index (χ3v) is 4.22. The quantitative estimate of drug-likeness (QED) is 0.714. The third-order valence-electron chi connectivity index (χ3n) is 2.59. The number of anilines is 1. The number of thiazole rings is 1. The number of hydrogen-bond acceptors (Lipinski definition) is 5. The van der Waals surface area contributed by atoms with Crippen LogP contribution in [0.2, 0.25) is 0 Å². The van der Waals surface area contributed by atoms with Crippen molar-refractivity contribution in [2.75, 3.05) is 5.73 Å². The van der Waals surface area contributed by atoms with E-state index in [1.807, 2.05) is 5.38 Å². The third kappa shape index (κ3) is 2.41. The van der Waals surface area contributed by atoms with Gasteiger partial charge in [-0.3, -0.25) is 0 Å². The van der Waals surface area contributed by atoms with Gasteiger partial charge in [-0.2, -0.15) is 4.39 Å². The number of rotatable bonds is 2. The zero-order chi connectivity index (χ0) is 14.1. The van der Waals surface area contributed by atoms with Gasteiger partial charge in [0.15, 0.2) is 0 Å². The van der Waals surface area contributed by atoms with E-state index >= 15 is 0 Å². The molecule has 4 nitrogen and oxygen atoms in total. The van der Waals surface area contributed by atoms with Crippen molar-refractivity contribution in [1.82, 2.24) is 15.0 Å². The molecule has 0 bridgehead atoms. The maximum Gasteiger partial charge on any atom is 0.213 e. The van der Waals surface area contributed by atoms with Crippen LogP contribution in [-0.2, 0) is 0 Å². The van der Waals surface area contributed by atoms with E-state index in [0.717, 1.165) is 5.01 Å². The van der Waals surface area contributed by atoms with E-state index < -0.39 is 5.95 Å². The topological polar surface area (TPSA) is 64.7 Å². The highest BCUT2D eigenvalue weighted by Gasteiger charge is 2.14. The second kappa shape index (κ2) is 5.26. The molecular weight excluding hydrogens is 343 g/mol. The summed E-state index contributed by atoms with van der Waals surface area (Å²) in [5.41, 5.74) is 8.03. The number of halogens is 2. The predicted octanol–water partition coefficient (Wildman–Crippen LogP) is 3.75. The lowest BCUT2D eigenvalue weighted by molar-refractivity contribution is 0.585. The second-order valence-electron chi connectivity index (χ2n) is 3.94. The number of nitrogen functional groups attached to an aromatic ring is 1. The Kier molecular flexibility index (Phi) is 3.45. The van der Waals surface area contributed by atoms with E-state index in [2.05, 4.69) is 30.9 Å². The molecule has 20 heavy (non-hydrogen) atoms. The minimum Gasteiger partial charge on any atom is -0.398 e. The van der Waals surface area contributed by atoms with Crippen LogP contribution >= 0.6 is 27.3 Å². The van der Waals surface area contributed by atoms with Gasteiger partial charge in [0, 0.05) is 11.6 Å². The van der Waals surface area contributed by atoms with E-state index in [4.69, 9.17) is 5.73 Å². The maximum absolute atomic E-state index is 13.3. The summed E-state index contributed by atoms with van der Waals surface area (Å²) >= 11 is 4.83. The lowest BCUT2D eigenvalue weighted by Crippen LogP contribution is -1.97. The van der Waals surface area contributed by atoms with Gasteiger partial charge in [0.2, 0.25) is 5.95 Å². The van der Waals surface area contributed by atoms with Crippen molar-refractivity contribution >= 4 is 33.0 Å². The van der Waals surface area contributed by atoms with Crippen molar-refractivity contribution in [3.8, 4) is 22.1 Å². The zero-order valence-electron chi connectivity index (χ0n) is 10.0. The molecule has 0 atom stereocenters. The molecule has 0 saturated heterocycles. The first-order valence-electron chi connectivity index (χ1n) is 5.64. The largest absolute Gasteiger partial charge is 0.398 e. The lowest BCUT2D eigenvalue weighted by atomic mass is 10.2. The molecule has 0 radical (unpaired) electrons. The normalized spacial score (nSPS) is 10.7. The number of hydrogen-bond donors (Lipinski definition) is 1. The Morgan fingerprint density at radius 2 is 2.05 bits per heavy atom. The van der Waals surface area contributed by atoms with Gasteiger partial charge in [-0.1, -0.05) is 6.07 Å². The molecule has 100 valence electrons. The summed E-state index contributed by atoms with van der Waals surface area (Å²) in [6.07, 6.45) is 1.69. The van der Waals surface area contributed by atoms with Crippen molar-refractivity contribution in [3.05, 3.63) is 46.3 Å². The van der Waals surface area contributed by atoms with Crippen LogP contribution in [-0.4, -0.2) is 15.0 Å². The molecule has 0 aliphatic carbocycles. The number of aromatic nitrogens is 3. The minimum atomic E-state index is -0.561. The van der Waals surface area contributed by atoms with Gasteiger partial charge in [0.1, 0.15) is 16.4 Å². The first-order chi connectivity index (χ1) is 9.65. The molecule has 0 aliphatic rings. The molecule has 0 amide bonds.